The highest BCUT2D eigenvalue weighted by Crippen LogP contribution is 2.28. The van der Waals surface area contributed by atoms with Crippen LogP contribution < -0.4 is 5.32 Å². The lowest BCUT2D eigenvalue weighted by Crippen LogP contribution is -2.37. The van der Waals surface area contributed by atoms with Gasteiger partial charge in [0, 0.05) is 12.5 Å². The molecule has 0 spiro atoms. The standard InChI is InChI=1S/C23H28FN3O/c1-6-20(23(28)25-14(2)3)27-21-12-16(5)15(4)11-19(21)26-22(27)13-17-9-7-8-10-18(17)24/h7-12,14,20H,6,13H2,1-5H3,(H,25,28). The van der Waals surface area contributed by atoms with Gasteiger partial charge in [-0.2, -0.15) is 0 Å². The molecule has 0 aliphatic heterocycles. The van der Waals surface area contributed by atoms with E-state index in [1.807, 2.05) is 44.4 Å². The molecule has 28 heavy (non-hydrogen) atoms. The summed E-state index contributed by atoms with van der Waals surface area (Å²) >= 11 is 0. The summed E-state index contributed by atoms with van der Waals surface area (Å²) in [4.78, 5) is 17.7. The van der Waals surface area contributed by atoms with E-state index in [9.17, 15) is 9.18 Å². The summed E-state index contributed by atoms with van der Waals surface area (Å²) < 4.78 is 16.3. The van der Waals surface area contributed by atoms with Crippen molar-refractivity contribution in [1.29, 1.82) is 0 Å². The van der Waals surface area contributed by atoms with Gasteiger partial charge in [0.1, 0.15) is 17.7 Å². The molecule has 0 aliphatic rings. The fourth-order valence-corrected chi connectivity index (χ4v) is 3.55. The molecule has 148 valence electrons. The van der Waals surface area contributed by atoms with Crippen LogP contribution in [0.1, 0.15) is 55.7 Å². The van der Waals surface area contributed by atoms with Gasteiger partial charge in [-0.25, -0.2) is 9.37 Å². The van der Waals surface area contributed by atoms with Crippen molar-refractivity contribution in [2.75, 3.05) is 0 Å². The van der Waals surface area contributed by atoms with Crippen LogP contribution in [0.15, 0.2) is 36.4 Å². The molecular formula is C23H28FN3O. The third-order valence-electron chi connectivity index (χ3n) is 5.12. The van der Waals surface area contributed by atoms with Crippen LogP contribution in [-0.4, -0.2) is 21.5 Å². The van der Waals surface area contributed by atoms with Gasteiger partial charge in [0.15, 0.2) is 0 Å². The smallest absolute Gasteiger partial charge is 0.243 e. The molecule has 3 rings (SSSR count). The Hall–Kier alpha value is -2.69. The van der Waals surface area contributed by atoms with Crippen LogP contribution in [0.25, 0.3) is 11.0 Å². The van der Waals surface area contributed by atoms with Gasteiger partial charge in [-0.05, 0) is 69.0 Å². The number of amides is 1. The predicted molar refractivity (Wildman–Crippen MR) is 111 cm³/mol. The Morgan fingerprint density at radius 1 is 1.18 bits per heavy atom. The maximum Gasteiger partial charge on any atom is 0.243 e. The van der Waals surface area contributed by atoms with Crippen molar-refractivity contribution in [3.05, 3.63) is 64.7 Å². The monoisotopic (exact) mass is 381 g/mol. The third kappa shape index (κ3) is 3.93. The number of carbonyl (C=O) groups is 1. The van der Waals surface area contributed by atoms with Gasteiger partial charge >= 0.3 is 0 Å². The van der Waals surface area contributed by atoms with E-state index in [1.54, 1.807) is 12.1 Å². The quantitative estimate of drug-likeness (QED) is 0.663. The van der Waals surface area contributed by atoms with Crippen LogP contribution >= 0.6 is 0 Å². The summed E-state index contributed by atoms with van der Waals surface area (Å²) in [6, 6.07) is 10.5. The zero-order chi connectivity index (χ0) is 20.4. The molecule has 0 aliphatic carbocycles. The molecule has 0 saturated carbocycles. The second-order valence-electron chi connectivity index (χ2n) is 7.68. The van der Waals surface area contributed by atoms with Gasteiger partial charge < -0.3 is 9.88 Å². The van der Waals surface area contributed by atoms with Crippen molar-refractivity contribution in [2.24, 2.45) is 0 Å². The normalized spacial score (nSPS) is 12.5. The van der Waals surface area contributed by atoms with Crippen LogP contribution in [0.4, 0.5) is 4.39 Å². The average molecular weight is 381 g/mol. The van der Waals surface area contributed by atoms with E-state index in [4.69, 9.17) is 4.98 Å². The largest absolute Gasteiger partial charge is 0.352 e. The number of aromatic nitrogens is 2. The van der Waals surface area contributed by atoms with Crippen LogP contribution in [0.5, 0.6) is 0 Å². The average Bonchev–Trinajstić information content (AvgIpc) is 2.95. The first-order valence-corrected chi connectivity index (χ1v) is 9.83. The van der Waals surface area contributed by atoms with E-state index >= 15 is 0 Å². The zero-order valence-electron chi connectivity index (χ0n) is 17.2. The lowest BCUT2D eigenvalue weighted by molar-refractivity contribution is -0.124. The Morgan fingerprint density at radius 3 is 2.50 bits per heavy atom. The first kappa shape index (κ1) is 20.1. The molecule has 1 heterocycles. The van der Waals surface area contributed by atoms with Crippen LogP contribution in [0.2, 0.25) is 0 Å². The molecule has 1 atom stereocenters. The van der Waals surface area contributed by atoms with Crippen LogP contribution in [0, 0.1) is 19.7 Å². The number of hydrogen-bond donors (Lipinski definition) is 1. The third-order valence-corrected chi connectivity index (χ3v) is 5.12. The predicted octanol–water partition coefficient (Wildman–Crippen LogP) is 4.86. The van der Waals surface area contributed by atoms with E-state index in [0.29, 0.717) is 24.2 Å². The second-order valence-corrected chi connectivity index (χ2v) is 7.68. The van der Waals surface area contributed by atoms with E-state index in [-0.39, 0.29) is 17.8 Å². The van der Waals surface area contributed by atoms with Crippen molar-refractivity contribution >= 4 is 16.9 Å². The first-order valence-electron chi connectivity index (χ1n) is 9.83. The van der Waals surface area contributed by atoms with Gasteiger partial charge in [0.25, 0.3) is 0 Å². The number of benzene rings is 2. The van der Waals surface area contributed by atoms with Gasteiger partial charge in [-0.1, -0.05) is 25.1 Å². The van der Waals surface area contributed by atoms with E-state index in [1.165, 1.54) is 6.07 Å². The topological polar surface area (TPSA) is 46.9 Å². The molecule has 4 nitrogen and oxygen atoms in total. The summed E-state index contributed by atoms with van der Waals surface area (Å²) in [6.45, 7) is 9.99. The number of hydrogen-bond acceptors (Lipinski definition) is 2. The van der Waals surface area contributed by atoms with Crippen LogP contribution in [0.3, 0.4) is 0 Å². The van der Waals surface area contributed by atoms with E-state index < -0.39 is 6.04 Å². The Bertz CT molecular complexity index is 1010. The fraction of sp³-hybridized carbons (Fsp3) is 0.391. The molecule has 1 amide bonds. The van der Waals surface area contributed by atoms with Crippen LogP contribution in [-0.2, 0) is 11.2 Å². The number of halogens is 1. The highest BCUT2D eigenvalue weighted by Gasteiger charge is 2.25. The lowest BCUT2D eigenvalue weighted by Gasteiger charge is -2.22. The molecule has 5 heteroatoms. The molecule has 3 aromatic rings. The van der Waals surface area contributed by atoms with Crippen molar-refractivity contribution in [3.8, 4) is 0 Å². The number of nitrogens with zero attached hydrogens (tertiary/aromatic N) is 2. The minimum absolute atomic E-state index is 0.0372. The Balaban J connectivity index is 2.17. The summed E-state index contributed by atoms with van der Waals surface area (Å²) in [7, 11) is 0. The fourth-order valence-electron chi connectivity index (χ4n) is 3.55. The van der Waals surface area contributed by atoms with E-state index in [0.717, 1.165) is 22.2 Å². The van der Waals surface area contributed by atoms with E-state index in [2.05, 4.69) is 18.3 Å². The maximum atomic E-state index is 14.3. The maximum absolute atomic E-state index is 14.3. The highest BCUT2D eigenvalue weighted by molar-refractivity contribution is 5.85. The molecule has 0 bridgehead atoms. The van der Waals surface area contributed by atoms with Gasteiger partial charge in [-0.3, -0.25) is 4.79 Å². The number of fused-ring (bicyclic) bond motifs is 1. The lowest BCUT2D eigenvalue weighted by atomic mass is 10.1. The molecule has 1 N–H and O–H groups in total. The number of nitrogens with one attached hydrogen (secondary N) is 1. The minimum Gasteiger partial charge on any atom is -0.352 e. The SMILES string of the molecule is CCC(C(=O)NC(C)C)n1c(Cc2ccccc2F)nc2cc(C)c(C)cc21. The summed E-state index contributed by atoms with van der Waals surface area (Å²) in [6.07, 6.45) is 0.964. The summed E-state index contributed by atoms with van der Waals surface area (Å²) in [5.41, 5.74) is 4.62. The van der Waals surface area contributed by atoms with Crippen molar-refractivity contribution in [1.82, 2.24) is 14.9 Å². The molecule has 0 fully saturated rings. The number of carbonyl (C=O) groups excluding carboxylic acids is 1. The highest BCUT2D eigenvalue weighted by atomic mass is 19.1. The summed E-state index contributed by atoms with van der Waals surface area (Å²) in [5.74, 6) is 0.411. The van der Waals surface area contributed by atoms with Gasteiger partial charge in [-0.15, -0.1) is 0 Å². The molecule has 2 aromatic carbocycles. The zero-order valence-corrected chi connectivity index (χ0v) is 17.2. The van der Waals surface area contributed by atoms with Gasteiger partial charge in [0.05, 0.1) is 11.0 Å². The first-order chi connectivity index (χ1) is 13.3. The molecule has 1 aromatic heterocycles. The number of imidazole rings is 1. The Morgan fingerprint density at radius 2 is 1.86 bits per heavy atom. The van der Waals surface area contributed by atoms with Gasteiger partial charge in [0.2, 0.25) is 5.91 Å². The molecular weight excluding hydrogens is 353 g/mol. The Labute approximate surface area is 165 Å². The van der Waals surface area contributed by atoms with Crippen molar-refractivity contribution in [3.63, 3.8) is 0 Å². The summed E-state index contributed by atoms with van der Waals surface area (Å²) in [5, 5.41) is 3.01. The molecule has 1 unspecified atom stereocenters. The van der Waals surface area contributed by atoms with Crippen molar-refractivity contribution < 1.29 is 9.18 Å². The van der Waals surface area contributed by atoms with Crippen molar-refractivity contribution in [2.45, 2.75) is 59.5 Å². The second kappa shape index (κ2) is 8.13. The number of aryl methyl sites for hydroxylation is 2. The minimum atomic E-state index is -0.392. The Kier molecular flexibility index (Phi) is 5.82. The molecule has 0 saturated heterocycles. The molecule has 0 radical (unpaired) electrons. The number of rotatable bonds is 6.